The fourth-order valence-corrected chi connectivity index (χ4v) is 5.33. The Morgan fingerprint density at radius 3 is 2.30 bits per heavy atom. The summed E-state index contributed by atoms with van der Waals surface area (Å²) < 4.78 is 0. The van der Waals surface area contributed by atoms with Crippen molar-refractivity contribution in [2.24, 2.45) is 35.5 Å². The lowest BCUT2D eigenvalue weighted by Crippen LogP contribution is -2.40. The number of Topliss-reactive ketones (excluding diaryl/α,β-unsaturated/α-hetero) is 1. The van der Waals surface area contributed by atoms with Gasteiger partial charge in [0.25, 0.3) is 0 Å². The monoisotopic (exact) mass is 364 g/mol. The number of carbonyl (C=O) groups excluding carboxylic acids is 4. The SMILES string of the molecule is CC(=O)c1cccc(NC(=O)CN2C(=O)[C@H]3[C@@H]4C=C[C@@H]([C@H]5C[C@H]45)[C@@H]3C2=O)c1. The number of nitrogens with zero attached hydrogens (tertiary/aromatic N) is 1. The summed E-state index contributed by atoms with van der Waals surface area (Å²) in [5, 5.41) is 2.69. The number of imide groups is 1. The lowest BCUT2D eigenvalue weighted by molar-refractivity contribution is -0.142. The van der Waals surface area contributed by atoms with E-state index in [2.05, 4.69) is 17.5 Å². The van der Waals surface area contributed by atoms with Gasteiger partial charge in [-0.15, -0.1) is 0 Å². The second-order valence-electron chi connectivity index (χ2n) is 8.10. The molecule has 138 valence electrons. The number of rotatable bonds is 4. The van der Waals surface area contributed by atoms with Crippen molar-refractivity contribution in [3.05, 3.63) is 42.0 Å². The van der Waals surface area contributed by atoms with Crippen LogP contribution in [-0.2, 0) is 14.4 Å². The van der Waals surface area contributed by atoms with Gasteiger partial charge in [-0.2, -0.15) is 0 Å². The number of anilines is 1. The molecule has 6 heteroatoms. The van der Waals surface area contributed by atoms with E-state index in [9.17, 15) is 19.2 Å². The molecule has 0 unspecified atom stereocenters. The van der Waals surface area contributed by atoms with Crippen molar-refractivity contribution >= 4 is 29.2 Å². The van der Waals surface area contributed by atoms with Crippen LogP contribution >= 0.6 is 0 Å². The van der Waals surface area contributed by atoms with Crippen molar-refractivity contribution in [2.75, 3.05) is 11.9 Å². The van der Waals surface area contributed by atoms with Gasteiger partial charge in [0.1, 0.15) is 6.54 Å². The van der Waals surface area contributed by atoms with E-state index in [4.69, 9.17) is 0 Å². The van der Waals surface area contributed by atoms with Gasteiger partial charge >= 0.3 is 0 Å². The van der Waals surface area contributed by atoms with Crippen LogP contribution in [0.4, 0.5) is 5.69 Å². The van der Waals surface area contributed by atoms with Crippen molar-refractivity contribution in [3.8, 4) is 0 Å². The van der Waals surface area contributed by atoms with Gasteiger partial charge < -0.3 is 5.32 Å². The van der Waals surface area contributed by atoms with Crippen LogP contribution < -0.4 is 5.32 Å². The van der Waals surface area contributed by atoms with E-state index in [-0.39, 0.29) is 47.8 Å². The molecule has 1 aromatic carbocycles. The summed E-state index contributed by atoms with van der Waals surface area (Å²) >= 11 is 0. The molecule has 5 aliphatic rings. The fourth-order valence-electron chi connectivity index (χ4n) is 5.33. The molecule has 2 saturated carbocycles. The Kier molecular flexibility index (Phi) is 3.41. The maximum Gasteiger partial charge on any atom is 0.244 e. The highest BCUT2D eigenvalue weighted by molar-refractivity contribution is 6.09. The highest BCUT2D eigenvalue weighted by atomic mass is 16.2. The predicted octanol–water partition coefficient (Wildman–Crippen LogP) is 1.88. The molecule has 27 heavy (non-hydrogen) atoms. The Labute approximate surface area is 156 Å². The van der Waals surface area contributed by atoms with Gasteiger partial charge in [-0.05, 0) is 49.1 Å². The largest absolute Gasteiger partial charge is 0.325 e. The van der Waals surface area contributed by atoms with Crippen molar-refractivity contribution < 1.29 is 19.2 Å². The van der Waals surface area contributed by atoms with Crippen LogP contribution in [0, 0.1) is 35.5 Å². The summed E-state index contributed by atoms with van der Waals surface area (Å²) in [5.41, 5.74) is 0.973. The van der Waals surface area contributed by atoms with Crippen molar-refractivity contribution in [2.45, 2.75) is 13.3 Å². The Morgan fingerprint density at radius 2 is 1.70 bits per heavy atom. The molecule has 0 aromatic heterocycles. The van der Waals surface area contributed by atoms with Crippen molar-refractivity contribution in [1.29, 1.82) is 0 Å². The van der Waals surface area contributed by atoms with E-state index in [0.29, 0.717) is 23.1 Å². The van der Waals surface area contributed by atoms with Gasteiger partial charge in [-0.25, -0.2) is 0 Å². The van der Waals surface area contributed by atoms with E-state index in [1.807, 2.05) is 0 Å². The molecular weight excluding hydrogens is 344 g/mol. The summed E-state index contributed by atoms with van der Waals surface area (Å²) in [6, 6.07) is 6.62. The van der Waals surface area contributed by atoms with Gasteiger partial charge in [0.15, 0.2) is 5.78 Å². The molecule has 4 aliphatic carbocycles. The number of hydrogen-bond donors (Lipinski definition) is 1. The van der Waals surface area contributed by atoms with Crippen LogP contribution in [0.3, 0.4) is 0 Å². The van der Waals surface area contributed by atoms with Gasteiger partial charge in [-0.3, -0.25) is 24.1 Å². The second kappa shape index (κ2) is 5.62. The zero-order valence-corrected chi connectivity index (χ0v) is 14.9. The number of amides is 3. The third-order valence-electron chi connectivity index (χ3n) is 6.61. The molecule has 1 aromatic rings. The number of allylic oxidation sites excluding steroid dienone is 2. The number of ketones is 1. The van der Waals surface area contributed by atoms with Crippen LogP contribution in [0.5, 0.6) is 0 Å². The molecule has 0 spiro atoms. The van der Waals surface area contributed by atoms with E-state index in [1.54, 1.807) is 24.3 Å². The number of likely N-dealkylation sites (tertiary alicyclic amines) is 1. The molecule has 6 nitrogen and oxygen atoms in total. The summed E-state index contributed by atoms with van der Waals surface area (Å²) in [4.78, 5) is 50.8. The molecule has 1 N–H and O–H groups in total. The smallest absolute Gasteiger partial charge is 0.244 e. The Bertz CT molecular complexity index is 885. The van der Waals surface area contributed by atoms with Crippen molar-refractivity contribution in [3.63, 3.8) is 0 Å². The Hall–Kier alpha value is -2.76. The topological polar surface area (TPSA) is 83.6 Å². The van der Waals surface area contributed by atoms with E-state index in [1.165, 1.54) is 6.92 Å². The van der Waals surface area contributed by atoms with Gasteiger partial charge in [-0.1, -0.05) is 24.3 Å². The second-order valence-corrected chi connectivity index (χ2v) is 8.10. The molecule has 1 heterocycles. The zero-order valence-electron chi connectivity index (χ0n) is 14.9. The molecule has 0 radical (unpaired) electrons. The lowest BCUT2D eigenvalue weighted by Gasteiger charge is -2.37. The molecule has 1 saturated heterocycles. The molecule has 2 bridgehead atoms. The maximum absolute atomic E-state index is 12.9. The highest BCUT2D eigenvalue weighted by Crippen LogP contribution is 2.65. The van der Waals surface area contributed by atoms with Gasteiger partial charge in [0.2, 0.25) is 17.7 Å². The fraction of sp³-hybridized carbons (Fsp3) is 0.429. The summed E-state index contributed by atoms with van der Waals surface area (Å²) in [5.74, 6) is -0.117. The summed E-state index contributed by atoms with van der Waals surface area (Å²) in [7, 11) is 0. The quantitative estimate of drug-likeness (QED) is 0.502. The molecule has 6 rings (SSSR count). The summed E-state index contributed by atoms with van der Waals surface area (Å²) in [6.07, 6.45) is 5.34. The minimum Gasteiger partial charge on any atom is -0.325 e. The van der Waals surface area contributed by atoms with E-state index < -0.39 is 5.91 Å². The predicted molar refractivity (Wildman–Crippen MR) is 96.5 cm³/mol. The van der Waals surface area contributed by atoms with Crippen LogP contribution in [0.25, 0.3) is 0 Å². The third kappa shape index (κ3) is 2.39. The first-order valence-corrected chi connectivity index (χ1v) is 9.40. The van der Waals surface area contributed by atoms with Gasteiger partial charge in [0.05, 0.1) is 11.8 Å². The molecule has 1 aliphatic heterocycles. The van der Waals surface area contributed by atoms with Crippen LogP contribution in [-0.4, -0.2) is 34.9 Å². The third-order valence-corrected chi connectivity index (χ3v) is 6.61. The Balaban J connectivity index is 1.31. The first-order chi connectivity index (χ1) is 13.0. The zero-order chi connectivity index (χ0) is 18.9. The molecule has 3 fully saturated rings. The molecular formula is C21H20N2O4. The summed E-state index contributed by atoms with van der Waals surface area (Å²) in [6.45, 7) is 1.18. The first-order valence-electron chi connectivity index (χ1n) is 9.40. The minimum atomic E-state index is -0.429. The standard InChI is InChI=1S/C21H20N2O4/c1-10(24)11-3-2-4-12(7-11)22-17(25)9-23-20(26)18-13-5-6-14(16-8-15(13)16)19(18)21(23)27/h2-7,13-16,18-19H,8-9H2,1H3,(H,22,25)/t13-,14+,15-,16-,18+,19+/m1/s1. The number of hydrogen-bond acceptors (Lipinski definition) is 4. The average Bonchev–Trinajstić information content (AvgIpc) is 3.43. The first kappa shape index (κ1) is 16.4. The number of nitrogens with one attached hydrogen (secondary N) is 1. The normalized spacial score (nSPS) is 35.1. The molecule has 3 amide bonds. The number of carbonyl (C=O) groups is 4. The lowest BCUT2D eigenvalue weighted by atomic mass is 9.63. The van der Waals surface area contributed by atoms with Gasteiger partial charge in [0, 0.05) is 11.3 Å². The van der Waals surface area contributed by atoms with Crippen LogP contribution in [0.15, 0.2) is 36.4 Å². The van der Waals surface area contributed by atoms with Crippen molar-refractivity contribution in [1.82, 2.24) is 4.90 Å². The Morgan fingerprint density at radius 1 is 1.07 bits per heavy atom. The maximum atomic E-state index is 12.9. The highest BCUT2D eigenvalue weighted by Gasteiger charge is 2.67. The average molecular weight is 364 g/mol. The van der Waals surface area contributed by atoms with Crippen LogP contribution in [0.1, 0.15) is 23.7 Å². The van der Waals surface area contributed by atoms with Crippen LogP contribution in [0.2, 0.25) is 0 Å². The van der Waals surface area contributed by atoms with E-state index in [0.717, 1.165) is 11.3 Å². The van der Waals surface area contributed by atoms with E-state index >= 15 is 0 Å². The molecule has 6 atom stereocenters. The number of benzene rings is 1. The minimum absolute atomic E-state index is 0.0957.